The van der Waals surface area contributed by atoms with Crippen molar-refractivity contribution in [2.75, 3.05) is 6.61 Å². The molecule has 0 aromatic heterocycles. The van der Waals surface area contributed by atoms with Crippen molar-refractivity contribution in [3.63, 3.8) is 0 Å². The Hall–Kier alpha value is -2.75. The average molecular weight is 467 g/mol. The molecule has 1 fully saturated rings. The maximum absolute atomic E-state index is 12.8. The van der Waals surface area contributed by atoms with Crippen LogP contribution < -0.4 is 10.4 Å². The molecule has 3 heteroatoms. The van der Waals surface area contributed by atoms with E-state index in [-0.39, 0.29) is 16.9 Å². The highest BCUT2D eigenvalue weighted by Gasteiger charge is 2.50. The van der Waals surface area contributed by atoms with Gasteiger partial charge in [-0.25, -0.2) is 0 Å². The molecule has 0 saturated heterocycles. The van der Waals surface area contributed by atoms with E-state index in [0.717, 1.165) is 18.4 Å². The zero-order valence-corrected chi connectivity index (χ0v) is 21.5. The van der Waals surface area contributed by atoms with Crippen LogP contribution >= 0.6 is 0 Å². The SMILES string of the molecule is CC(C)(C)[Si](OC[C]=[C][C@@H]1CCCC(=O)[C@H]1c1ccccc1)(c1ccccc1)c1ccccc1. The van der Waals surface area contributed by atoms with Gasteiger partial charge in [-0.1, -0.05) is 112 Å². The number of ketones is 1. The van der Waals surface area contributed by atoms with Crippen molar-refractivity contribution in [1.82, 2.24) is 0 Å². The zero-order valence-electron chi connectivity index (χ0n) is 20.5. The van der Waals surface area contributed by atoms with Gasteiger partial charge >= 0.3 is 0 Å². The Morgan fingerprint density at radius 3 is 1.91 bits per heavy atom. The van der Waals surface area contributed by atoms with Crippen LogP contribution in [0.4, 0.5) is 0 Å². The quantitative estimate of drug-likeness (QED) is 0.407. The van der Waals surface area contributed by atoms with Gasteiger partial charge in [0, 0.05) is 12.3 Å². The molecule has 0 bridgehead atoms. The zero-order chi connectivity index (χ0) is 24.0. The predicted molar refractivity (Wildman–Crippen MR) is 142 cm³/mol. The molecular formula is C31H34O2Si. The molecule has 34 heavy (non-hydrogen) atoms. The van der Waals surface area contributed by atoms with Crippen molar-refractivity contribution >= 4 is 24.5 Å². The van der Waals surface area contributed by atoms with Crippen LogP contribution in [-0.2, 0) is 9.22 Å². The number of Topliss-reactive ketones (excluding diaryl/α,β-unsaturated/α-hetero) is 1. The highest BCUT2D eigenvalue weighted by molar-refractivity contribution is 6.99. The Morgan fingerprint density at radius 2 is 1.38 bits per heavy atom. The molecule has 4 rings (SSSR count). The van der Waals surface area contributed by atoms with Gasteiger partial charge in [-0.15, -0.1) is 0 Å². The number of carbonyl (C=O) groups is 1. The molecule has 2 radical (unpaired) electrons. The summed E-state index contributed by atoms with van der Waals surface area (Å²) < 4.78 is 6.91. The van der Waals surface area contributed by atoms with Gasteiger partial charge < -0.3 is 4.43 Å². The first-order chi connectivity index (χ1) is 16.4. The molecule has 2 nitrogen and oxygen atoms in total. The van der Waals surface area contributed by atoms with E-state index in [1.165, 1.54) is 10.4 Å². The van der Waals surface area contributed by atoms with Crippen LogP contribution in [0.1, 0.15) is 51.5 Å². The molecular weight excluding hydrogens is 432 g/mol. The van der Waals surface area contributed by atoms with E-state index >= 15 is 0 Å². The van der Waals surface area contributed by atoms with Crippen LogP contribution in [0.25, 0.3) is 0 Å². The highest BCUT2D eigenvalue weighted by Crippen LogP contribution is 2.38. The molecule has 1 aliphatic rings. The lowest BCUT2D eigenvalue weighted by atomic mass is 9.74. The van der Waals surface area contributed by atoms with Crippen LogP contribution in [0.2, 0.25) is 5.04 Å². The molecule has 0 aliphatic heterocycles. The minimum atomic E-state index is -2.60. The normalized spacial score (nSPS) is 19.4. The first-order valence-corrected chi connectivity index (χ1v) is 14.2. The molecule has 0 N–H and O–H groups in total. The molecule has 0 unspecified atom stereocenters. The fraction of sp³-hybridized carbons (Fsp3) is 0.323. The second-order valence-electron chi connectivity index (χ2n) is 10.1. The number of carbonyl (C=O) groups excluding carboxylic acids is 1. The molecule has 0 heterocycles. The summed E-state index contributed by atoms with van der Waals surface area (Å²) in [6, 6.07) is 31.4. The largest absolute Gasteiger partial charge is 0.403 e. The van der Waals surface area contributed by atoms with E-state index in [2.05, 4.69) is 106 Å². The molecule has 1 saturated carbocycles. The fourth-order valence-electron chi connectivity index (χ4n) is 5.36. The Labute approximate surface area is 205 Å². The Balaban J connectivity index is 1.61. The summed E-state index contributed by atoms with van der Waals surface area (Å²) >= 11 is 0. The molecule has 1 aliphatic carbocycles. The Kier molecular flexibility index (Phi) is 7.65. The third-order valence-electron chi connectivity index (χ3n) is 6.91. The van der Waals surface area contributed by atoms with Crippen LogP contribution in [0, 0.1) is 18.1 Å². The smallest absolute Gasteiger partial charge is 0.261 e. The lowest BCUT2D eigenvalue weighted by Gasteiger charge is -2.42. The van der Waals surface area contributed by atoms with Gasteiger partial charge in [-0.2, -0.15) is 0 Å². The van der Waals surface area contributed by atoms with Crippen molar-refractivity contribution in [2.45, 2.75) is 51.0 Å². The maximum atomic E-state index is 12.8. The molecule has 0 spiro atoms. The van der Waals surface area contributed by atoms with Crippen LogP contribution in [0.3, 0.4) is 0 Å². The minimum absolute atomic E-state index is 0.0476. The number of hydrogen-bond donors (Lipinski definition) is 0. The van der Waals surface area contributed by atoms with Crippen molar-refractivity contribution in [3.8, 4) is 0 Å². The number of allylic oxidation sites excluding steroid dienone is 1. The number of hydrogen-bond acceptors (Lipinski definition) is 2. The van der Waals surface area contributed by atoms with Crippen LogP contribution in [0.15, 0.2) is 91.0 Å². The summed E-state index contributed by atoms with van der Waals surface area (Å²) in [6.45, 7) is 7.19. The molecule has 2 atom stereocenters. The molecule has 3 aromatic rings. The molecule has 0 amide bonds. The fourth-order valence-corrected chi connectivity index (χ4v) is 9.80. The number of benzene rings is 3. The Bertz CT molecular complexity index is 1050. The first-order valence-electron chi connectivity index (χ1n) is 12.2. The van der Waals surface area contributed by atoms with Crippen molar-refractivity contribution in [2.24, 2.45) is 5.92 Å². The second-order valence-corrected chi connectivity index (χ2v) is 14.4. The lowest BCUT2D eigenvalue weighted by Crippen LogP contribution is -2.66. The second kappa shape index (κ2) is 10.7. The van der Waals surface area contributed by atoms with E-state index in [0.29, 0.717) is 18.8 Å². The monoisotopic (exact) mass is 466 g/mol. The van der Waals surface area contributed by atoms with Gasteiger partial charge in [-0.05, 0) is 51.9 Å². The summed E-state index contributed by atoms with van der Waals surface area (Å²) in [5, 5.41) is 2.43. The third kappa shape index (κ3) is 5.01. The van der Waals surface area contributed by atoms with E-state index in [1.807, 2.05) is 18.2 Å². The summed E-state index contributed by atoms with van der Waals surface area (Å²) in [7, 11) is -2.60. The van der Waals surface area contributed by atoms with Gasteiger partial charge in [0.15, 0.2) is 0 Å². The maximum Gasteiger partial charge on any atom is 0.261 e. The van der Waals surface area contributed by atoms with Crippen LogP contribution in [-0.4, -0.2) is 20.7 Å². The minimum Gasteiger partial charge on any atom is -0.403 e. The van der Waals surface area contributed by atoms with Crippen molar-refractivity contribution < 1.29 is 9.22 Å². The topological polar surface area (TPSA) is 26.3 Å². The van der Waals surface area contributed by atoms with Gasteiger partial charge in [-0.3, -0.25) is 4.79 Å². The van der Waals surface area contributed by atoms with Crippen molar-refractivity contribution in [3.05, 3.63) is 109 Å². The van der Waals surface area contributed by atoms with E-state index in [9.17, 15) is 4.79 Å². The van der Waals surface area contributed by atoms with Crippen LogP contribution in [0.5, 0.6) is 0 Å². The van der Waals surface area contributed by atoms with Gasteiger partial charge in [0.2, 0.25) is 0 Å². The molecule has 174 valence electrons. The predicted octanol–water partition coefficient (Wildman–Crippen LogP) is 5.88. The highest BCUT2D eigenvalue weighted by atomic mass is 28.4. The summed E-state index contributed by atoms with van der Waals surface area (Å²) in [4.78, 5) is 12.8. The first kappa shape index (κ1) is 24.4. The summed E-state index contributed by atoms with van der Waals surface area (Å²) in [5.41, 5.74) is 1.08. The lowest BCUT2D eigenvalue weighted by molar-refractivity contribution is -0.122. The van der Waals surface area contributed by atoms with Gasteiger partial charge in [0.25, 0.3) is 8.32 Å². The van der Waals surface area contributed by atoms with Gasteiger partial charge in [0.05, 0.1) is 6.61 Å². The standard InChI is InChI=1S/C31H34O2Si/c1-31(2,3)34(27-19-9-5-10-20-27,28-21-11-6-12-22-28)33-24-14-18-26-17-13-23-29(32)30(26)25-15-7-4-8-16-25/h4-12,15-16,19-22,26,30H,13,17,23-24H2,1-3H3/t26-,30-/m0/s1. The summed E-state index contributed by atoms with van der Waals surface area (Å²) in [5.74, 6) is 0.228. The van der Waals surface area contributed by atoms with E-state index < -0.39 is 8.32 Å². The Morgan fingerprint density at radius 1 is 0.853 bits per heavy atom. The van der Waals surface area contributed by atoms with Gasteiger partial charge in [0.1, 0.15) is 5.78 Å². The van der Waals surface area contributed by atoms with E-state index in [4.69, 9.17) is 4.43 Å². The van der Waals surface area contributed by atoms with E-state index in [1.54, 1.807) is 0 Å². The third-order valence-corrected chi connectivity index (χ3v) is 11.9. The summed E-state index contributed by atoms with van der Waals surface area (Å²) in [6.07, 6.45) is 9.33. The number of rotatable bonds is 7. The van der Waals surface area contributed by atoms with Crippen molar-refractivity contribution in [1.29, 1.82) is 0 Å². The molecule has 3 aromatic carbocycles. The average Bonchev–Trinajstić information content (AvgIpc) is 2.85.